The predicted molar refractivity (Wildman–Crippen MR) is 82.6 cm³/mol. The minimum absolute atomic E-state index is 0.258. The summed E-state index contributed by atoms with van der Waals surface area (Å²) in [6, 6.07) is 10.5. The van der Waals surface area contributed by atoms with Crippen molar-refractivity contribution in [3.63, 3.8) is 0 Å². The van der Waals surface area contributed by atoms with Crippen LogP contribution in [-0.4, -0.2) is 9.97 Å². The maximum atomic E-state index is 5.78. The molecule has 1 fully saturated rings. The molecule has 4 heteroatoms. The van der Waals surface area contributed by atoms with E-state index in [2.05, 4.69) is 39.6 Å². The number of rotatable bonds is 3. The van der Waals surface area contributed by atoms with Crippen molar-refractivity contribution in [1.82, 2.24) is 9.97 Å². The van der Waals surface area contributed by atoms with Crippen LogP contribution in [0.4, 0.5) is 11.5 Å². The van der Waals surface area contributed by atoms with E-state index in [9.17, 15) is 0 Å². The first-order chi connectivity index (χ1) is 9.81. The molecule has 0 aliphatic heterocycles. The Hall–Kier alpha value is -1.61. The molecule has 1 aromatic heterocycles. The van der Waals surface area contributed by atoms with E-state index in [4.69, 9.17) is 11.6 Å². The van der Waals surface area contributed by atoms with Gasteiger partial charge in [0.2, 0.25) is 5.28 Å². The Morgan fingerprint density at radius 1 is 1.00 bits per heavy atom. The molecule has 1 aromatic carbocycles. The zero-order chi connectivity index (χ0) is 13.8. The van der Waals surface area contributed by atoms with Gasteiger partial charge in [-0.25, -0.2) is 9.97 Å². The van der Waals surface area contributed by atoms with Crippen molar-refractivity contribution in [2.75, 3.05) is 5.32 Å². The number of aromatic nitrogens is 2. The third-order valence-electron chi connectivity index (χ3n) is 3.89. The monoisotopic (exact) mass is 287 g/mol. The molecule has 0 bridgehead atoms. The first-order valence-corrected chi connectivity index (χ1v) is 7.54. The minimum atomic E-state index is 0.258. The lowest BCUT2D eigenvalue weighted by atomic mass is 9.84. The van der Waals surface area contributed by atoms with Crippen molar-refractivity contribution in [2.24, 2.45) is 0 Å². The lowest BCUT2D eigenvalue weighted by molar-refractivity contribution is 0.443. The van der Waals surface area contributed by atoms with Gasteiger partial charge in [0.1, 0.15) is 5.82 Å². The van der Waals surface area contributed by atoms with E-state index >= 15 is 0 Å². The van der Waals surface area contributed by atoms with E-state index in [0.29, 0.717) is 0 Å². The van der Waals surface area contributed by atoms with Crippen LogP contribution in [0.5, 0.6) is 0 Å². The van der Waals surface area contributed by atoms with Crippen molar-refractivity contribution in [2.45, 2.75) is 38.0 Å². The van der Waals surface area contributed by atoms with Gasteiger partial charge < -0.3 is 5.32 Å². The van der Waals surface area contributed by atoms with Crippen LogP contribution in [0.2, 0.25) is 5.28 Å². The van der Waals surface area contributed by atoms with Crippen LogP contribution in [0, 0.1) is 0 Å². The van der Waals surface area contributed by atoms with Gasteiger partial charge in [0.15, 0.2) is 0 Å². The van der Waals surface area contributed by atoms with E-state index in [1.54, 1.807) is 12.3 Å². The molecule has 3 rings (SSSR count). The molecule has 104 valence electrons. The summed E-state index contributed by atoms with van der Waals surface area (Å²) in [5, 5.41) is 3.50. The molecule has 0 amide bonds. The van der Waals surface area contributed by atoms with Gasteiger partial charge in [-0.1, -0.05) is 31.4 Å². The highest BCUT2D eigenvalue weighted by molar-refractivity contribution is 6.28. The maximum Gasteiger partial charge on any atom is 0.224 e. The minimum Gasteiger partial charge on any atom is -0.340 e. The van der Waals surface area contributed by atoms with E-state index < -0.39 is 0 Å². The Balaban J connectivity index is 1.69. The Kier molecular flexibility index (Phi) is 4.16. The fraction of sp³-hybridized carbons (Fsp3) is 0.375. The van der Waals surface area contributed by atoms with Gasteiger partial charge in [-0.15, -0.1) is 0 Å². The van der Waals surface area contributed by atoms with Crippen LogP contribution >= 0.6 is 11.6 Å². The van der Waals surface area contributed by atoms with Crippen LogP contribution < -0.4 is 5.32 Å². The summed E-state index contributed by atoms with van der Waals surface area (Å²) in [5.41, 5.74) is 2.48. The van der Waals surface area contributed by atoms with Gasteiger partial charge in [0.05, 0.1) is 0 Å². The molecule has 0 atom stereocenters. The average molecular weight is 288 g/mol. The summed E-state index contributed by atoms with van der Waals surface area (Å²) in [5.74, 6) is 1.46. The van der Waals surface area contributed by atoms with Crippen molar-refractivity contribution < 1.29 is 0 Å². The Labute approximate surface area is 124 Å². The smallest absolute Gasteiger partial charge is 0.224 e. The van der Waals surface area contributed by atoms with Crippen LogP contribution in [0.3, 0.4) is 0 Å². The van der Waals surface area contributed by atoms with Crippen LogP contribution in [0.15, 0.2) is 36.5 Å². The molecule has 1 N–H and O–H groups in total. The zero-order valence-electron chi connectivity index (χ0n) is 11.3. The number of hydrogen-bond donors (Lipinski definition) is 1. The number of hydrogen-bond acceptors (Lipinski definition) is 3. The molecule has 1 aliphatic rings. The molecular weight excluding hydrogens is 270 g/mol. The van der Waals surface area contributed by atoms with E-state index in [1.165, 1.54) is 37.7 Å². The second kappa shape index (κ2) is 6.23. The predicted octanol–water partition coefficient (Wildman–Crippen LogP) is 4.92. The third-order valence-corrected chi connectivity index (χ3v) is 4.07. The highest BCUT2D eigenvalue weighted by Crippen LogP contribution is 2.33. The Bertz CT molecular complexity index is 562. The summed E-state index contributed by atoms with van der Waals surface area (Å²) < 4.78 is 0. The quantitative estimate of drug-likeness (QED) is 0.814. The largest absolute Gasteiger partial charge is 0.340 e. The van der Waals surface area contributed by atoms with Gasteiger partial charge in [0, 0.05) is 11.9 Å². The molecule has 0 saturated heterocycles. The fourth-order valence-corrected chi connectivity index (χ4v) is 2.97. The average Bonchev–Trinajstić information content (AvgIpc) is 2.49. The Morgan fingerprint density at radius 3 is 2.45 bits per heavy atom. The van der Waals surface area contributed by atoms with Crippen molar-refractivity contribution in [1.29, 1.82) is 0 Å². The molecular formula is C16H18ClN3. The topological polar surface area (TPSA) is 37.8 Å². The summed E-state index contributed by atoms with van der Waals surface area (Å²) in [6.45, 7) is 0. The Morgan fingerprint density at radius 2 is 1.75 bits per heavy atom. The number of benzene rings is 1. The summed E-state index contributed by atoms with van der Waals surface area (Å²) in [7, 11) is 0. The highest BCUT2D eigenvalue weighted by Gasteiger charge is 2.15. The molecule has 2 aromatic rings. The number of anilines is 2. The van der Waals surface area contributed by atoms with Gasteiger partial charge in [-0.3, -0.25) is 0 Å². The molecule has 1 heterocycles. The second-order valence-corrected chi connectivity index (χ2v) is 5.63. The van der Waals surface area contributed by atoms with Crippen LogP contribution in [0.25, 0.3) is 0 Å². The van der Waals surface area contributed by atoms with E-state index in [0.717, 1.165) is 17.4 Å². The zero-order valence-corrected chi connectivity index (χ0v) is 12.1. The summed E-state index contributed by atoms with van der Waals surface area (Å²) in [4.78, 5) is 8.00. The van der Waals surface area contributed by atoms with Crippen molar-refractivity contribution in [3.05, 3.63) is 47.4 Å². The molecule has 1 aliphatic carbocycles. The SMILES string of the molecule is Clc1nccc(Nc2ccc(C3CCCCC3)cc2)n1. The fourth-order valence-electron chi connectivity index (χ4n) is 2.83. The lowest BCUT2D eigenvalue weighted by Gasteiger charge is -2.22. The van der Waals surface area contributed by atoms with Gasteiger partial charge in [-0.2, -0.15) is 0 Å². The first kappa shape index (κ1) is 13.4. The second-order valence-electron chi connectivity index (χ2n) is 5.29. The maximum absolute atomic E-state index is 5.78. The van der Waals surface area contributed by atoms with Gasteiger partial charge >= 0.3 is 0 Å². The standard InChI is InChI=1S/C16H18ClN3/c17-16-18-11-10-15(20-16)19-14-8-6-13(7-9-14)12-4-2-1-3-5-12/h6-12H,1-5H2,(H,18,19,20). The lowest BCUT2D eigenvalue weighted by Crippen LogP contribution is -2.04. The van der Waals surface area contributed by atoms with Gasteiger partial charge in [-0.05, 0) is 54.1 Å². The normalized spacial score (nSPS) is 16.1. The molecule has 3 nitrogen and oxygen atoms in total. The molecule has 0 unspecified atom stereocenters. The molecule has 0 spiro atoms. The molecule has 0 radical (unpaired) electrons. The van der Waals surface area contributed by atoms with Crippen molar-refractivity contribution in [3.8, 4) is 0 Å². The number of nitrogens with one attached hydrogen (secondary N) is 1. The first-order valence-electron chi connectivity index (χ1n) is 7.17. The highest BCUT2D eigenvalue weighted by atomic mass is 35.5. The van der Waals surface area contributed by atoms with E-state index in [-0.39, 0.29) is 5.28 Å². The third kappa shape index (κ3) is 3.28. The van der Waals surface area contributed by atoms with Crippen LogP contribution in [-0.2, 0) is 0 Å². The van der Waals surface area contributed by atoms with E-state index in [1.807, 2.05) is 0 Å². The number of halogens is 1. The summed E-state index contributed by atoms with van der Waals surface area (Å²) >= 11 is 5.78. The number of nitrogens with zero attached hydrogens (tertiary/aromatic N) is 2. The van der Waals surface area contributed by atoms with Crippen LogP contribution in [0.1, 0.15) is 43.6 Å². The summed E-state index contributed by atoms with van der Waals surface area (Å²) in [6.07, 6.45) is 8.43. The van der Waals surface area contributed by atoms with Gasteiger partial charge in [0.25, 0.3) is 0 Å². The van der Waals surface area contributed by atoms with Crippen molar-refractivity contribution >= 4 is 23.1 Å². The molecule has 20 heavy (non-hydrogen) atoms. The molecule has 1 saturated carbocycles.